The van der Waals surface area contributed by atoms with Crippen LogP contribution in [0.4, 0.5) is 0 Å². The van der Waals surface area contributed by atoms with Crippen LogP contribution in [0.25, 0.3) is 0 Å². The summed E-state index contributed by atoms with van der Waals surface area (Å²) >= 11 is 7.61. The van der Waals surface area contributed by atoms with Crippen LogP contribution in [0.5, 0.6) is 0 Å². The molecule has 0 aliphatic carbocycles. The average molecular weight is 294 g/mol. The van der Waals surface area contributed by atoms with E-state index in [0.717, 1.165) is 5.56 Å². The number of halogens is 1. The molecule has 2 N–H and O–H groups in total. The van der Waals surface area contributed by atoms with Gasteiger partial charge >= 0.3 is 0 Å². The smallest absolute Gasteiger partial charge is 0.148 e. The Hall–Kier alpha value is -0.230. The van der Waals surface area contributed by atoms with Gasteiger partial charge in [-0.2, -0.15) is 11.8 Å². The van der Waals surface area contributed by atoms with Crippen molar-refractivity contribution < 1.29 is 8.42 Å². The lowest BCUT2D eigenvalue weighted by Crippen LogP contribution is -2.13. The Kier molecular flexibility index (Phi) is 5.79. The van der Waals surface area contributed by atoms with Crippen LogP contribution in [0, 0.1) is 0 Å². The molecule has 0 fully saturated rings. The monoisotopic (exact) mass is 293 g/mol. The predicted molar refractivity (Wildman–Crippen MR) is 75.4 cm³/mol. The quantitative estimate of drug-likeness (QED) is 0.873. The van der Waals surface area contributed by atoms with Crippen molar-refractivity contribution in [3.05, 3.63) is 34.9 Å². The van der Waals surface area contributed by atoms with Crippen molar-refractivity contribution in [2.24, 2.45) is 5.73 Å². The van der Waals surface area contributed by atoms with Gasteiger partial charge in [-0.25, -0.2) is 8.42 Å². The van der Waals surface area contributed by atoms with Crippen LogP contribution in [0.2, 0.25) is 5.02 Å². The van der Waals surface area contributed by atoms with Crippen molar-refractivity contribution in [3.8, 4) is 0 Å². The molecule has 0 aliphatic rings. The summed E-state index contributed by atoms with van der Waals surface area (Å²) in [5.41, 5.74) is 6.66. The highest BCUT2D eigenvalue weighted by molar-refractivity contribution is 8.00. The van der Waals surface area contributed by atoms with Crippen LogP contribution >= 0.6 is 23.4 Å². The highest BCUT2D eigenvalue weighted by Gasteiger charge is 2.14. The second kappa shape index (κ2) is 6.64. The number of hydrogen-bond donors (Lipinski definition) is 1. The molecule has 1 rings (SSSR count). The van der Waals surface area contributed by atoms with Crippen LogP contribution in [0.3, 0.4) is 0 Å². The van der Waals surface area contributed by atoms with Crippen molar-refractivity contribution in [3.63, 3.8) is 0 Å². The van der Waals surface area contributed by atoms with Gasteiger partial charge in [0.25, 0.3) is 0 Å². The normalized spacial score (nSPS) is 13.6. The second-order valence-electron chi connectivity index (χ2n) is 3.75. The summed E-state index contributed by atoms with van der Waals surface area (Å²) in [6.07, 6.45) is 1.24. The SMILES string of the molecule is CS(=O)(=O)CCSC(CN)c1ccccc1Cl. The zero-order valence-electron chi connectivity index (χ0n) is 9.60. The van der Waals surface area contributed by atoms with E-state index in [9.17, 15) is 8.42 Å². The van der Waals surface area contributed by atoms with Gasteiger partial charge in [0, 0.05) is 28.8 Å². The topological polar surface area (TPSA) is 60.2 Å². The fraction of sp³-hybridized carbons (Fsp3) is 0.455. The van der Waals surface area contributed by atoms with Crippen LogP contribution in [0.1, 0.15) is 10.8 Å². The molecule has 0 aliphatic heterocycles. The molecular formula is C11H16ClNO2S2. The van der Waals surface area contributed by atoms with E-state index in [2.05, 4.69) is 0 Å². The maximum atomic E-state index is 11.0. The van der Waals surface area contributed by atoms with E-state index in [1.165, 1.54) is 18.0 Å². The highest BCUT2D eigenvalue weighted by atomic mass is 35.5. The Bertz CT molecular complexity index is 462. The van der Waals surface area contributed by atoms with Gasteiger partial charge in [0.05, 0.1) is 5.75 Å². The summed E-state index contributed by atoms with van der Waals surface area (Å²) in [7, 11) is -2.91. The molecule has 1 atom stereocenters. The van der Waals surface area contributed by atoms with Gasteiger partial charge in [0.1, 0.15) is 9.84 Å². The molecule has 1 aromatic rings. The van der Waals surface area contributed by atoms with E-state index < -0.39 is 9.84 Å². The molecule has 0 amide bonds. The lowest BCUT2D eigenvalue weighted by atomic mass is 10.1. The molecule has 0 bridgehead atoms. The van der Waals surface area contributed by atoms with Gasteiger partial charge in [-0.15, -0.1) is 0 Å². The van der Waals surface area contributed by atoms with Gasteiger partial charge in [0.2, 0.25) is 0 Å². The summed E-state index contributed by atoms with van der Waals surface area (Å²) in [4.78, 5) is 0. The van der Waals surface area contributed by atoms with E-state index in [1.54, 1.807) is 0 Å². The molecule has 0 radical (unpaired) electrons. The third-order valence-corrected chi connectivity index (χ3v) is 5.08. The first kappa shape index (κ1) is 14.8. The van der Waals surface area contributed by atoms with Gasteiger partial charge < -0.3 is 5.73 Å². The Morgan fingerprint density at radius 3 is 2.59 bits per heavy atom. The van der Waals surface area contributed by atoms with Crippen molar-refractivity contribution in [1.29, 1.82) is 0 Å². The van der Waals surface area contributed by atoms with E-state index in [-0.39, 0.29) is 11.0 Å². The molecule has 1 unspecified atom stereocenters. The summed E-state index contributed by atoms with van der Waals surface area (Å²) in [6, 6.07) is 7.51. The lowest BCUT2D eigenvalue weighted by Gasteiger charge is -2.15. The maximum Gasteiger partial charge on any atom is 0.148 e. The Balaban J connectivity index is 2.64. The van der Waals surface area contributed by atoms with Crippen LogP contribution in [-0.4, -0.2) is 32.7 Å². The lowest BCUT2D eigenvalue weighted by molar-refractivity contribution is 0.603. The van der Waals surface area contributed by atoms with E-state index in [0.29, 0.717) is 17.3 Å². The maximum absolute atomic E-state index is 11.0. The highest BCUT2D eigenvalue weighted by Crippen LogP contribution is 2.32. The molecule has 6 heteroatoms. The molecule has 0 saturated heterocycles. The minimum absolute atomic E-state index is 0.0467. The second-order valence-corrected chi connectivity index (χ2v) is 7.72. The van der Waals surface area contributed by atoms with E-state index >= 15 is 0 Å². The molecule has 0 spiro atoms. The molecule has 17 heavy (non-hydrogen) atoms. The zero-order chi connectivity index (χ0) is 12.9. The summed E-state index contributed by atoms with van der Waals surface area (Å²) < 4.78 is 22.1. The standard InChI is InChI=1S/C11H16ClNO2S2/c1-17(14,15)7-6-16-11(8-13)9-4-2-3-5-10(9)12/h2-5,11H,6-8,13H2,1H3. The largest absolute Gasteiger partial charge is 0.329 e. The molecule has 0 saturated carbocycles. The fourth-order valence-electron chi connectivity index (χ4n) is 1.36. The Labute approximate surface area is 112 Å². The van der Waals surface area contributed by atoms with E-state index in [4.69, 9.17) is 17.3 Å². The minimum atomic E-state index is -2.91. The molecule has 3 nitrogen and oxygen atoms in total. The first-order valence-electron chi connectivity index (χ1n) is 5.18. The average Bonchev–Trinajstić information content (AvgIpc) is 2.24. The van der Waals surface area contributed by atoms with E-state index in [1.807, 2.05) is 24.3 Å². The number of hydrogen-bond acceptors (Lipinski definition) is 4. The number of rotatable bonds is 6. The Morgan fingerprint density at radius 2 is 2.06 bits per heavy atom. The van der Waals surface area contributed by atoms with Gasteiger partial charge in [-0.1, -0.05) is 29.8 Å². The van der Waals surface area contributed by atoms with Crippen molar-refractivity contribution in [1.82, 2.24) is 0 Å². The van der Waals surface area contributed by atoms with Gasteiger partial charge in [-0.3, -0.25) is 0 Å². The number of benzene rings is 1. The van der Waals surface area contributed by atoms with Crippen molar-refractivity contribution in [2.75, 3.05) is 24.3 Å². The van der Waals surface area contributed by atoms with Gasteiger partial charge in [-0.05, 0) is 11.6 Å². The van der Waals surface area contributed by atoms with Crippen molar-refractivity contribution >= 4 is 33.2 Å². The molecule has 1 aromatic carbocycles. The first-order valence-corrected chi connectivity index (χ1v) is 8.66. The summed E-state index contributed by atoms with van der Waals surface area (Å²) in [5, 5.41) is 0.722. The van der Waals surface area contributed by atoms with Crippen molar-refractivity contribution in [2.45, 2.75) is 5.25 Å². The predicted octanol–water partition coefficient (Wildman–Crippen LogP) is 2.12. The van der Waals surface area contributed by atoms with Crippen LogP contribution in [0.15, 0.2) is 24.3 Å². The van der Waals surface area contributed by atoms with Gasteiger partial charge in [0.15, 0.2) is 0 Å². The summed E-state index contributed by atoms with van der Waals surface area (Å²) in [6.45, 7) is 0.443. The van der Waals surface area contributed by atoms with Crippen LogP contribution in [-0.2, 0) is 9.84 Å². The minimum Gasteiger partial charge on any atom is -0.329 e. The fourth-order valence-corrected chi connectivity index (χ4v) is 4.10. The number of thioether (sulfide) groups is 1. The third-order valence-electron chi connectivity index (χ3n) is 2.24. The molecule has 96 valence electrons. The number of nitrogens with two attached hydrogens (primary N) is 1. The first-order chi connectivity index (χ1) is 7.94. The zero-order valence-corrected chi connectivity index (χ0v) is 12.0. The van der Waals surface area contributed by atoms with Crippen LogP contribution < -0.4 is 5.73 Å². The molecule has 0 heterocycles. The molecule has 0 aromatic heterocycles. The summed E-state index contributed by atoms with van der Waals surface area (Å²) in [5.74, 6) is 0.699. The number of sulfone groups is 1. The molecular weight excluding hydrogens is 278 g/mol. The third kappa shape index (κ3) is 5.29. The Morgan fingerprint density at radius 1 is 1.41 bits per heavy atom.